The molecule has 0 saturated carbocycles. The van der Waals surface area contributed by atoms with E-state index in [0.29, 0.717) is 0 Å². The van der Waals surface area contributed by atoms with Gasteiger partial charge in [0.15, 0.2) is 6.04 Å². The quantitative estimate of drug-likeness (QED) is 0.591. The number of hydrogen-bond acceptors (Lipinski definition) is 4. The van der Waals surface area contributed by atoms with Crippen molar-refractivity contribution in [3.63, 3.8) is 0 Å². The van der Waals surface area contributed by atoms with Crippen LogP contribution < -0.4 is 5.32 Å². The van der Waals surface area contributed by atoms with Crippen LogP contribution in [-0.2, 0) is 9.53 Å². The highest BCUT2D eigenvalue weighted by molar-refractivity contribution is 5.85. The van der Waals surface area contributed by atoms with Crippen LogP contribution in [0.2, 0.25) is 0 Å². The van der Waals surface area contributed by atoms with Crippen LogP contribution in [-0.4, -0.2) is 41.5 Å². The molecule has 0 aliphatic rings. The first-order valence-electron chi connectivity index (χ1n) is 3.38. The van der Waals surface area contributed by atoms with Crippen molar-refractivity contribution < 1.29 is 24.5 Å². The molecule has 0 radical (unpaired) electrons. The third-order valence-electron chi connectivity index (χ3n) is 1.05. The van der Waals surface area contributed by atoms with Gasteiger partial charge in [-0.3, -0.25) is 0 Å². The van der Waals surface area contributed by atoms with E-state index in [2.05, 4.69) is 4.74 Å². The second-order valence-electron chi connectivity index (χ2n) is 1.94. The molecule has 0 spiro atoms. The molecule has 0 aromatic rings. The number of halogens is 1. The zero-order valence-corrected chi connectivity index (χ0v) is 7.84. The topological polar surface area (TPSA) is 95.9 Å². The lowest BCUT2D eigenvalue weighted by Crippen LogP contribution is -2.43. The van der Waals surface area contributed by atoms with Crippen molar-refractivity contribution in [3.05, 3.63) is 0 Å². The summed E-state index contributed by atoms with van der Waals surface area (Å²) in [5, 5.41) is 18.8. The largest absolute Gasteiger partial charge is 0.480 e. The molecule has 1 amide bonds. The Labute approximate surface area is 81.3 Å². The van der Waals surface area contributed by atoms with Gasteiger partial charge < -0.3 is 20.3 Å². The maximum absolute atomic E-state index is 10.6. The van der Waals surface area contributed by atoms with Gasteiger partial charge in [0.05, 0.1) is 13.2 Å². The van der Waals surface area contributed by atoms with E-state index in [1.54, 1.807) is 6.92 Å². The first-order valence-corrected chi connectivity index (χ1v) is 3.38. The van der Waals surface area contributed by atoms with Crippen molar-refractivity contribution >= 4 is 24.5 Å². The van der Waals surface area contributed by atoms with Crippen molar-refractivity contribution in [1.82, 2.24) is 5.32 Å². The van der Waals surface area contributed by atoms with Gasteiger partial charge in [0.2, 0.25) is 0 Å². The van der Waals surface area contributed by atoms with E-state index in [4.69, 9.17) is 10.2 Å². The van der Waals surface area contributed by atoms with Crippen LogP contribution in [0.5, 0.6) is 0 Å². The van der Waals surface area contributed by atoms with Gasteiger partial charge in [0.1, 0.15) is 0 Å². The lowest BCUT2D eigenvalue weighted by molar-refractivity contribution is -0.140. The summed E-state index contributed by atoms with van der Waals surface area (Å²) in [4.78, 5) is 20.8. The standard InChI is InChI=1S/C6H11NO5.ClH/c1-2-12-6(11)7-4(3-8)5(9)10;/h4,8H,2-3H2,1H3,(H,7,11)(H,9,10);1H/t4-;/m0./s1. The molecule has 0 aromatic heterocycles. The highest BCUT2D eigenvalue weighted by Crippen LogP contribution is 1.84. The molecule has 0 saturated heterocycles. The lowest BCUT2D eigenvalue weighted by Gasteiger charge is -2.10. The second-order valence-corrected chi connectivity index (χ2v) is 1.94. The molecule has 7 heteroatoms. The van der Waals surface area contributed by atoms with Crippen LogP contribution in [0.4, 0.5) is 4.79 Å². The normalized spacial score (nSPS) is 10.9. The molecule has 78 valence electrons. The van der Waals surface area contributed by atoms with Crippen LogP contribution in [0.3, 0.4) is 0 Å². The minimum absolute atomic E-state index is 0. The number of aliphatic hydroxyl groups excluding tert-OH is 1. The minimum Gasteiger partial charge on any atom is -0.480 e. The number of hydrogen-bond donors (Lipinski definition) is 3. The van der Waals surface area contributed by atoms with Crippen LogP contribution in [0, 0.1) is 0 Å². The molecular formula is C6H12ClNO5. The van der Waals surface area contributed by atoms with Crippen molar-refractivity contribution in [2.45, 2.75) is 13.0 Å². The number of carbonyl (C=O) groups excluding carboxylic acids is 1. The van der Waals surface area contributed by atoms with Crippen LogP contribution >= 0.6 is 12.4 Å². The van der Waals surface area contributed by atoms with Crippen molar-refractivity contribution in [2.75, 3.05) is 13.2 Å². The van der Waals surface area contributed by atoms with Crippen LogP contribution in [0.1, 0.15) is 6.92 Å². The summed E-state index contributed by atoms with van der Waals surface area (Å²) in [7, 11) is 0. The number of aliphatic hydroxyl groups is 1. The zero-order chi connectivity index (χ0) is 9.56. The Morgan fingerprint density at radius 2 is 2.08 bits per heavy atom. The van der Waals surface area contributed by atoms with Crippen LogP contribution in [0.25, 0.3) is 0 Å². The molecule has 1 atom stereocenters. The Morgan fingerprint density at radius 1 is 1.54 bits per heavy atom. The van der Waals surface area contributed by atoms with E-state index in [0.717, 1.165) is 0 Å². The number of rotatable bonds is 4. The predicted octanol–water partition coefficient (Wildman–Crippen LogP) is -0.400. The fourth-order valence-electron chi connectivity index (χ4n) is 0.500. The molecule has 0 fully saturated rings. The Bertz CT molecular complexity index is 174. The number of carboxylic acid groups (broad SMARTS) is 1. The summed E-state index contributed by atoms with van der Waals surface area (Å²) < 4.78 is 4.40. The Morgan fingerprint density at radius 3 is 2.38 bits per heavy atom. The number of nitrogens with one attached hydrogen (secondary N) is 1. The second kappa shape index (κ2) is 7.63. The van der Waals surface area contributed by atoms with Gasteiger partial charge in [0, 0.05) is 0 Å². The molecular weight excluding hydrogens is 202 g/mol. The number of carbonyl (C=O) groups is 2. The first-order chi connectivity index (χ1) is 5.61. The smallest absolute Gasteiger partial charge is 0.407 e. The summed E-state index contributed by atoms with van der Waals surface area (Å²) in [5.74, 6) is -1.30. The first kappa shape index (κ1) is 14.5. The molecule has 0 aliphatic carbocycles. The molecule has 0 aromatic carbocycles. The molecule has 0 unspecified atom stereocenters. The Hall–Kier alpha value is -1.01. The maximum atomic E-state index is 10.6. The number of amides is 1. The number of ether oxygens (including phenoxy) is 1. The molecule has 3 N–H and O–H groups in total. The van der Waals surface area contributed by atoms with E-state index in [1.165, 1.54) is 0 Å². The van der Waals surface area contributed by atoms with Gasteiger partial charge in [-0.2, -0.15) is 0 Å². The third-order valence-corrected chi connectivity index (χ3v) is 1.05. The van der Waals surface area contributed by atoms with Gasteiger partial charge in [0.25, 0.3) is 0 Å². The predicted molar refractivity (Wildman–Crippen MR) is 45.9 cm³/mol. The van der Waals surface area contributed by atoms with Gasteiger partial charge in [-0.1, -0.05) is 0 Å². The van der Waals surface area contributed by atoms with E-state index >= 15 is 0 Å². The van der Waals surface area contributed by atoms with Gasteiger partial charge >= 0.3 is 12.1 Å². The summed E-state index contributed by atoms with van der Waals surface area (Å²) in [5.41, 5.74) is 0. The van der Waals surface area contributed by atoms with Crippen molar-refractivity contribution in [3.8, 4) is 0 Å². The SMILES string of the molecule is CCOC(=O)N[C@@H](CO)C(=O)O.Cl. The zero-order valence-electron chi connectivity index (χ0n) is 7.02. The third kappa shape index (κ3) is 6.18. The molecule has 0 heterocycles. The Kier molecular flexibility index (Phi) is 8.52. The van der Waals surface area contributed by atoms with Crippen molar-refractivity contribution in [2.24, 2.45) is 0 Å². The highest BCUT2D eigenvalue weighted by atomic mass is 35.5. The van der Waals surface area contributed by atoms with E-state index in [9.17, 15) is 9.59 Å². The number of alkyl carbamates (subject to hydrolysis) is 1. The average Bonchev–Trinajstić information content (AvgIpc) is 2.00. The molecule has 0 rings (SSSR count). The summed E-state index contributed by atoms with van der Waals surface area (Å²) in [6.07, 6.45) is -0.848. The van der Waals surface area contributed by atoms with E-state index in [1.807, 2.05) is 5.32 Å². The average molecular weight is 214 g/mol. The summed E-state index contributed by atoms with van der Waals surface area (Å²) >= 11 is 0. The Balaban J connectivity index is 0. The molecule has 6 nitrogen and oxygen atoms in total. The maximum Gasteiger partial charge on any atom is 0.407 e. The van der Waals surface area contributed by atoms with Gasteiger partial charge in [-0.15, -0.1) is 12.4 Å². The van der Waals surface area contributed by atoms with E-state index in [-0.39, 0.29) is 19.0 Å². The monoisotopic (exact) mass is 213 g/mol. The van der Waals surface area contributed by atoms with Crippen molar-refractivity contribution in [1.29, 1.82) is 0 Å². The summed E-state index contributed by atoms with van der Waals surface area (Å²) in [6, 6.07) is -1.30. The lowest BCUT2D eigenvalue weighted by atomic mass is 10.3. The molecule has 13 heavy (non-hydrogen) atoms. The van der Waals surface area contributed by atoms with Gasteiger partial charge in [-0.25, -0.2) is 9.59 Å². The molecule has 0 aliphatic heterocycles. The summed E-state index contributed by atoms with van der Waals surface area (Å²) in [6.45, 7) is 1.09. The number of aliphatic carboxylic acids is 1. The highest BCUT2D eigenvalue weighted by Gasteiger charge is 2.18. The fourth-order valence-corrected chi connectivity index (χ4v) is 0.500. The molecule has 0 bridgehead atoms. The van der Waals surface area contributed by atoms with Gasteiger partial charge in [-0.05, 0) is 6.92 Å². The van der Waals surface area contributed by atoms with E-state index < -0.39 is 24.7 Å². The minimum atomic E-state index is -1.30. The van der Waals surface area contributed by atoms with Crippen LogP contribution in [0.15, 0.2) is 0 Å². The number of carboxylic acids is 1. The fraction of sp³-hybridized carbons (Fsp3) is 0.667.